The Morgan fingerprint density at radius 3 is 2.95 bits per heavy atom. The van der Waals surface area contributed by atoms with Crippen LogP contribution in [0.5, 0.6) is 0 Å². The van der Waals surface area contributed by atoms with Gasteiger partial charge in [0, 0.05) is 31.4 Å². The van der Waals surface area contributed by atoms with Crippen LogP contribution < -0.4 is 0 Å². The maximum Gasteiger partial charge on any atom is 0.259 e. The highest BCUT2D eigenvalue weighted by Gasteiger charge is 2.30. The Balaban J connectivity index is 1.82. The van der Waals surface area contributed by atoms with E-state index >= 15 is 0 Å². The van der Waals surface area contributed by atoms with Crippen molar-refractivity contribution in [1.29, 1.82) is 0 Å². The van der Waals surface area contributed by atoms with Crippen LogP contribution in [0, 0.1) is 6.92 Å². The number of hydrogen-bond donors (Lipinski definition) is 0. The highest BCUT2D eigenvalue weighted by atomic mass is 16.5. The molecule has 0 bridgehead atoms. The van der Waals surface area contributed by atoms with Crippen LogP contribution in [0.15, 0.2) is 23.2 Å². The Bertz CT molecular complexity index is 645. The molecule has 0 saturated carbocycles. The third-order valence-corrected chi connectivity index (χ3v) is 4.26. The van der Waals surface area contributed by atoms with E-state index in [2.05, 4.69) is 14.7 Å². The van der Waals surface area contributed by atoms with Gasteiger partial charge in [0.2, 0.25) is 0 Å². The molecule has 0 N–H and O–H groups in total. The number of nitrogens with zero attached hydrogens (tertiary/aromatic N) is 4. The smallest absolute Gasteiger partial charge is 0.259 e. The first-order valence-electron chi connectivity index (χ1n) is 7.80. The summed E-state index contributed by atoms with van der Waals surface area (Å²) in [6, 6.07) is 0.294. The van der Waals surface area contributed by atoms with Gasteiger partial charge in [0.1, 0.15) is 5.56 Å². The third-order valence-electron chi connectivity index (χ3n) is 4.26. The van der Waals surface area contributed by atoms with E-state index in [1.54, 1.807) is 6.20 Å². The number of carbonyl (C=O) groups excluding carboxylic acids is 1. The molecule has 1 aliphatic heterocycles. The van der Waals surface area contributed by atoms with E-state index < -0.39 is 0 Å². The number of piperidine rings is 1. The Hall–Kier alpha value is -2.11. The van der Waals surface area contributed by atoms with Gasteiger partial charge >= 0.3 is 0 Å². The van der Waals surface area contributed by atoms with Crippen molar-refractivity contribution in [2.45, 2.75) is 45.6 Å². The molecular weight excluding hydrogens is 280 g/mol. The first-order valence-corrected chi connectivity index (χ1v) is 7.80. The normalized spacial score (nSPS) is 18.9. The largest absolute Gasteiger partial charge is 0.360 e. The van der Waals surface area contributed by atoms with Crippen LogP contribution >= 0.6 is 0 Å². The summed E-state index contributed by atoms with van der Waals surface area (Å²) >= 11 is 0. The Morgan fingerprint density at radius 1 is 1.45 bits per heavy atom. The fourth-order valence-corrected chi connectivity index (χ4v) is 3.07. The highest BCUT2D eigenvalue weighted by Crippen LogP contribution is 2.27. The van der Waals surface area contributed by atoms with E-state index in [1.807, 2.05) is 38.2 Å². The zero-order valence-corrected chi connectivity index (χ0v) is 13.3. The molecule has 6 heteroatoms. The number of aromatic nitrogens is 3. The average Bonchev–Trinajstić information content (AvgIpc) is 3.16. The summed E-state index contributed by atoms with van der Waals surface area (Å²) in [6.07, 6.45) is 7.63. The molecule has 0 spiro atoms. The molecule has 6 nitrogen and oxygen atoms in total. The number of hydrogen-bond acceptors (Lipinski definition) is 4. The highest BCUT2D eigenvalue weighted by molar-refractivity contribution is 5.96. The van der Waals surface area contributed by atoms with E-state index in [9.17, 15) is 4.79 Å². The standard InChI is InChI=1S/C16H22N4O2/c1-11(2)15-14(12(3)18-22-15)16(21)19-7-4-5-13(9-19)20-8-6-17-10-20/h6,8,10-11,13H,4-5,7,9H2,1-3H3/t13-/m0/s1. The molecule has 3 rings (SSSR count). The lowest BCUT2D eigenvalue weighted by atomic mass is 10.0. The molecule has 2 aromatic rings. The van der Waals surface area contributed by atoms with E-state index in [0.29, 0.717) is 29.6 Å². The van der Waals surface area contributed by atoms with E-state index in [-0.39, 0.29) is 11.8 Å². The molecule has 1 aliphatic rings. The number of amides is 1. The van der Waals surface area contributed by atoms with Gasteiger partial charge in [-0.3, -0.25) is 4.79 Å². The van der Waals surface area contributed by atoms with Crippen LogP contribution in [0.2, 0.25) is 0 Å². The summed E-state index contributed by atoms with van der Waals surface area (Å²) < 4.78 is 7.44. The van der Waals surface area contributed by atoms with Gasteiger partial charge in [0.25, 0.3) is 5.91 Å². The summed E-state index contributed by atoms with van der Waals surface area (Å²) in [7, 11) is 0. The fourth-order valence-electron chi connectivity index (χ4n) is 3.07. The quantitative estimate of drug-likeness (QED) is 0.874. The van der Waals surface area contributed by atoms with Gasteiger partial charge in [-0.05, 0) is 19.8 Å². The van der Waals surface area contributed by atoms with Gasteiger partial charge < -0.3 is 14.0 Å². The van der Waals surface area contributed by atoms with Crippen LogP contribution in [0.3, 0.4) is 0 Å². The summed E-state index contributed by atoms with van der Waals surface area (Å²) in [5, 5.41) is 3.98. The van der Waals surface area contributed by atoms with Crippen molar-refractivity contribution in [2.24, 2.45) is 0 Å². The Morgan fingerprint density at radius 2 is 2.27 bits per heavy atom. The minimum atomic E-state index is 0.0345. The van der Waals surface area contributed by atoms with Crippen molar-refractivity contribution < 1.29 is 9.32 Å². The fraction of sp³-hybridized carbons (Fsp3) is 0.562. The van der Waals surface area contributed by atoms with E-state index in [1.165, 1.54) is 0 Å². The maximum atomic E-state index is 12.9. The van der Waals surface area contributed by atoms with E-state index in [0.717, 1.165) is 19.4 Å². The molecule has 118 valence electrons. The lowest BCUT2D eigenvalue weighted by Gasteiger charge is -2.33. The number of likely N-dealkylation sites (tertiary alicyclic amines) is 1. The minimum Gasteiger partial charge on any atom is -0.360 e. The van der Waals surface area contributed by atoms with Crippen LogP contribution in [-0.2, 0) is 0 Å². The van der Waals surface area contributed by atoms with Crippen molar-refractivity contribution in [1.82, 2.24) is 19.6 Å². The summed E-state index contributed by atoms with van der Waals surface area (Å²) in [6.45, 7) is 7.35. The maximum absolute atomic E-state index is 12.9. The average molecular weight is 302 g/mol. The molecule has 3 heterocycles. The molecule has 2 aromatic heterocycles. The number of aryl methyl sites for hydroxylation is 1. The second-order valence-electron chi connectivity index (χ2n) is 6.22. The van der Waals surface area contributed by atoms with Crippen LogP contribution in [-0.4, -0.2) is 38.6 Å². The first kappa shape index (κ1) is 14.8. The van der Waals surface area contributed by atoms with Gasteiger partial charge in [-0.15, -0.1) is 0 Å². The van der Waals surface area contributed by atoms with E-state index in [4.69, 9.17) is 4.52 Å². The zero-order chi connectivity index (χ0) is 15.7. The number of imidazole rings is 1. The lowest BCUT2D eigenvalue weighted by molar-refractivity contribution is 0.0676. The van der Waals surface area contributed by atoms with Gasteiger partial charge in [0.05, 0.1) is 18.1 Å². The predicted molar refractivity (Wildman–Crippen MR) is 81.7 cm³/mol. The van der Waals surface area contributed by atoms with Crippen LogP contribution in [0.1, 0.15) is 60.5 Å². The van der Waals surface area contributed by atoms with Crippen molar-refractivity contribution in [3.63, 3.8) is 0 Å². The van der Waals surface area contributed by atoms with Gasteiger partial charge in [-0.1, -0.05) is 19.0 Å². The minimum absolute atomic E-state index is 0.0345. The molecule has 0 aliphatic carbocycles. The third kappa shape index (κ3) is 2.65. The number of carbonyl (C=O) groups is 1. The topological polar surface area (TPSA) is 64.2 Å². The second kappa shape index (κ2) is 5.94. The van der Waals surface area contributed by atoms with Gasteiger partial charge in [-0.25, -0.2) is 4.98 Å². The SMILES string of the molecule is Cc1noc(C(C)C)c1C(=O)N1CCC[C@H](n2ccnc2)C1. The summed E-state index contributed by atoms with van der Waals surface area (Å²) in [5.74, 6) is 0.869. The van der Waals surface area contributed by atoms with Crippen LogP contribution in [0.25, 0.3) is 0 Å². The molecular formula is C16H22N4O2. The molecule has 22 heavy (non-hydrogen) atoms. The Labute approximate surface area is 130 Å². The van der Waals surface area contributed by atoms with Gasteiger partial charge in [-0.2, -0.15) is 0 Å². The summed E-state index contributed by atoms with van der Waals surface area (Å²) in [5.41, 5.74) is 1.32. The zero-order valence-electron chi connectivity index (χ0n) is 13.3. The second-order valence-corrected chi connectivity index (χ2v) is 6.22. The van der Waals surface area contributed by atoms with Crippen molar-refractivity contribution in [2.75, 3.05) is 13.1 Å². The molecule has 1 amide bonds. The van der Waals surface area contributed by atoms with Crippen LogP contribution in [0.4, 0.5) is 0 Å². The van der Waals surface area contributed by atoms with Crippen molar-refractivity contribution >= 4 is 5.91 Å². The van der Waals surface area contributed by atoms with Crippen molar-refractivity contribution in [3.8, 4) is 0 Å². The predicted octanol–water partition coefficient (Wildman–Crippen LogP) is 2.78. The molecule has 1 saturated heterocycles. The Kier molecular flexibility index (Phi) is 4.00. The monoisotopic (exact) mass is 302 g/mol. The molecule has 1 atom stereocenters. The van der Waals surface area contributed by atoms with Gasteiger partial charge in [0.15, 0.2) is 5.76 Å². The molecule has 1 fully saturated rings. The molecule has 0 radical (unpaired) electrons. The van der Waals surface area contributed by atoms with Crippen molar-refractivity contribution in [3.05, 3.63) is 35.7 Å². The summed E-state index contributed by atoms with van der Waals surface area (Å²) in [4.78, 5) is 18.9. The number of rotatable bonds is 3. The lowest BCUT2D eigenvalue weighted by Crippen LogP contribution is -2.41. The molecule has 0 unspecified atom stereocenters. The molecule has 0 aromatic carbocycles. The first-order chi connectivity index (χ1) is 10.6.